The number of alkyl carbamates (subject to hydrolysis) is 1. The lowest BCUT2D eigenvalue weighted by molar-refractivity contribution is 0.0952. The van der Waals surface area contributed by atoms with Crippen LogP contribution in [0.25, 0.3) is 11.1 Å². The molecule has 0 atom stereocenters. The Hall–Kier alpha value is -3.67. The number of hydrogen-bond acceptors (Lipinski definition) is 4. The number of pyridine rings is 1. The normalized spacial score (nSPS) is 10.6. The van der Waals surface area contributed by atoms with Crippen LogP contribution >= 0.6 is 0 Å². The molecule has 3 rings (SSSR count). The van der Waals surface area contributed by atoms with Gasteiger partial charge < -0.3 is 15.4 Å². The molecule has 6 heteroatoms. The lowest BCUT2D eigenvalue weighted by Gasteiger charge is -2.14. The summed E-state index contributed by atoms with van der Waals surface area (Å²) < 4.78 is 5.29. The number of nitrogens with one attached hydrogen (secondary N) is 2. The van der Waals surface area contributed by atoms with Crippen molar-refractivity contribution in [2.75, 3.05) is 6.54 Å². The third-order valence-electron chi connectivity index (χ3n) is 5.01. The average molecular weight is 432 g/mol. The smallest absolute Gasteiger partial charge is 0.407 e. The second kappa shape index (κ2) is 11.6. The van der Waals surface area contributed by atoms with Crippen molar-refractivity contribution in [1.29, 1.82) is 0 Å². The van der Waals surface area contributed by atoms with Gasteiger partial charge in [-0.2, -0.15) is 0 Å². The Morgan fingerprint density at radius 2 is 1.69 bits per heavy atom. The zero-order valence-electron chi connectivity index (χ0n) is 18.5. The predicted octanol–water partition coefficient (Wildman–Crippen LogP) is 4.95. The summed E-state index contributed by atoms with van der Waals surface area (Å²) >= 11 is 0. The minimum absolute atomic E-state index is 0.112. The molecule has 1 heterocycles. The molecule has 0 radical (unpaired) electrons. The Bertz CT molecular complexity index is 1040. The van der Waals surface area contributed by atoms with Crippen LogP contribution in [0.3, 0.4) is 0 Å². The number of carbonyl (C=O) groups excluding carboxylic acids is 2. The molecule has 0 aliphatic rings. The molecule has 2 N–H and O–H groups in total. The molecular weight excluding hydrogens is 402 g/mol. The molecule has 6 nitrogen and oxygen atoms in total. The van der Waals surface area contributed by atoms with E-state index in [0.29, 0.717) is 18.0 Å². The van der Waals surface area contributed by atoms with Crippen LogP contribution in [0.15, 0.2) is 73.1 Å². The van der Waals surface area contributed by atoms with E-state index >= 15 is 0 Å². The van der Waals surface area contributed by atoms with E-state index < -0.39 is 6.09 Å². The van der Waals surface area contributed by atoms with Gasteiger partial charge in [0.2, 0.25) is 0 Å². The summed E-state index contributed by atoms with van der Waals surface area (Å²) in [5.41, 5.74) is 3.95. The minimum Gasteiger partial charge on any atom is -0.445 e. The Morgan fingerprint density at radius 3 is 2.47 bits per heavy atom. The summed E-state index contributed by atoms with van der Waals surface area (Å²) in [5.74, 6) is 0.407. The fraction of sp³-hybridized carbons (Fsp3) is 0.269. The van der Waals surface area contributed by atoms with Gasteiger partial charge in [0.15, 0.2) is 0 Å². The van der Waals surface area contributed by atoms with Gasteiger partial charge in [0.1, 0.15) is 6.61 Å². The summed E-state index contributed by atoms with van der Waals surface area (Å²) in [7, 11) is 0. The third kappa shape index (κ3) is 6.67. The largest absolute Gasteiger partial charge is 0.445 e. The highest BCUT2D eigenvalue weighted by Gasteiger charge is 2.15. The fourth-order valence-corrected chi connectivity index (χ4v) is 3.26. The lowest BCUT2D eigenvalue weighted by Crippen LogP contribution is -2.26. The topological polar surface area (TPSA) is 80.3 Å². The number of carbonyl (C=O) groups is 2. The highest BCUT2D eigenvalue weighted by atomic mass is 16.5. The number of nitrogens with zero attached hydrogens (tertiary/aromatic N) is 1. The molecular formula is C26H29N3O3. The van der Waals surface area contributed by atoms with Gasteiger partial charge in [0.05, 0.1) is 0 Å². The van der Waals surface area contributed by atoms with Crippen molar-refractivity contribution >= 4 is 12.0 Å². The predicted molar refractivity (Wildman–Crippen MR) is 125 cm³/mol. The van der Waals surface area contributed by atoms with Crippen LogP contribution in [0.1, 0.15) is 41.8 Å². The fourth-order valence-electron chi connectivity index (χ4n) is 3.26. The van der Waals surface area contributed by atoms with Crippen molar-refractivity contribution in [2.24, 2.45) is 5.92 Å². The maximum atomic E-state index is 12.8. The second-order valence-electron chi connectivity index (χ2n) is 7.93. The van der Waals surface area contributed by atoms with Crippen molar-refractivity contribution in [3.05, 3.63) is 89.7 Å². The molecule has 166 valence electrons. The highest BCUT2D eigenvalue weighted by molar-refractivity contribution is 6.01. The first-order chi connectivity index (χ1) is 15.5. The molecule has 0 unspecified atom stereocenters. The number of aromatic nitrogens is 1. The number of rotatable bonds is 9. The van der Waals surface area contributed by atoms with Crippen LogP contribution in [0, 0.1) is 5.92 Å². The molecule has 1 aromatic heterocycles. The van der Waals surface area contributed by atoms with E-state index in [1.165, 1.54) is 0 Å². The second-order valence-corrected chi connectivity index (χ2v) is 7.93. The molecule has 0 aliphatic heterocycles. The van der Waals surface area contributed by atoms with Crippen molar-refractivity contribution in [1.82, 2.24) is 15.6 Å². The van der Waals surface area contributed by atoms with E-state index in [9.17, 15) is 9.59 Å². The standard InChI is InChI=1S/C26H29N3O3/c1-19(2)12-15-28-25(30)24-11-7-6-10-23(24)22-13-14-27-16-21(22)17-29-26(31)32-18-20-8-4-3-5-9-20/h3-11,13-14,16,19H,12,15,17-18H2,1-2H3,(H,28,30)(H,29,31). The van der Waals surface area contributed by atoms with Crippen molar-refractivity contribution < 1.29 is 14.3 Å². The zero-order valence-corrected chi connectivity index (χ0v) is 18.5. The molecule has 3 aromatic rings. The van der Waals surface area contributed by atoms with Crippen LogP contribution in [0.2, 0.25) is 0 Å². The summed E-state index contributed by atoms with van der Waals surface area (Å²) in [6.07, 6.45) is 3.78. The molecule has 0 saturated carbocycles. The minimum atomic E-state index is -0.511. The van der Waals surface area contributed by atoms with Gasteiger partial charge >= 0.3 is 6.09 Å². The van der Waals surface area contributed by atoms with E-state index in [-0.39, 0.29) is 19.1 Å². The number of hydrogen-bond donors (Lipinski definition) is 2. The Balaban J connectivity index is 1.68. The van der Waals surface area contributed by atoms with Crippen LogP contribution in [-0.4, -0.2) is 23.5 Å². The van der Waals surface area contributed by atoms with Gasteiger partial charge in [0.25, 0.3) is 5.91 Å². The first kappa shape index (κ1) is 23.0. The van der Waals surface area contributed by atoms with Gasteiger partial charge in [-0.25, -0.2) is 4.79 Å². The van der Waals surface area contributed by atoms with Gasteiger partial charge in [0, 0.05) is 31.0 Å². The van der Waals surface area contributed by atoms with Gasteiger partial charge in [-0.15, -0.1) is 0 Å². The van der Waals surface area contributed by atoms with E-state index in [1.807, 2.05) is 60.7 Å². The molecule has 0 fully saturated rings. The van der Waals surface area contributed by atoms with Crippen molar-refractivity contribution in [3.8, 4) is 11.1 Å². The first-order valence-corrected chi connectivity index (χ1v) is 10.8. The zero-order chi connectivity index (χ0) is 22.8. The van der Waals surface area contributed by atoms with E-state index in [0.717, 1.165) is 28.7 Å². The van der Waals surface area contributed by atoms with Crippen molar-refractivity contribution in [2.45, 2.75) is 33.4 Å². The Kier molecular flexibility index (Phi) is 8.37. The van der Waals surface area contributed by atoms with E-state index in [1.54, 1.807) is 12.4 Å². The van der Waals surface area contributed by atoms with Crippen LogP contribution < -0.4 is 10.6 Å². The quantitative estimate of drug-likeness (QED) is 0.502. The summed E-state index contributed by atoms with van der Waals surface area (Å²) in [6.45, 7) is 5.32. The van der Waals surface area contributed by atoms with E-state index in [2.05, 4.69) is 29.5 Å². The summed E-state index contributed by atoms with van der Waals surface area (Å²) in [6, 6.07) is 18.8. The average Bonchev–Trinajstić information content (AvgIpc) is 2.82. The summed E-state index contributed by atoms with van der Waals surface area (Å²) in [5, 5.41) is 5.77. The molecule has 0 aliphatic carbocycles. The SMILES string of the molecule is CC(C)CCNC(=O)c1ccccc1-c1ccncc1CNC(=O)OCc1ccccc1. The van der Waals surface area contributed by atoms with Gasteiger partial charge in [-0.3, -0.25) is 9.78 Å². The Labute approximate surface area is 189 Å². The number of ether oxygens (including phenoxy) is 1. The molecule has 0 saturated heterocycles. The third-order valence-corrected chi connectivity index (χ3v) is 5.01. The van der Waals surface area contributed by atoms with Crippen molar-refractivity contribution in [3.63, 3.8) is 0 Å². The molecule has 0 spiro atoms. The van der Waals surface area contributed by atoms with E-state index in [4.69, 9.17) is 4.74 Å². The maximum Gasteiger partial charge on any atom is 0.407 e. The first-order valence-electron chi connectivity index (χ1n) is 10.8. The van der Waals surface area contributed by atoms with Crippen LogP contribution in [0.5, 0.6) is 0 Å². The summed E-state index contributed by atoms with van der Waals surface area (Å²) in [4.78, 5) is 29.2. The Morgan fingerprint density at radius 1 is 0.938 bits per heavy atom. The molecule has 2 aromatic carbocycles. The maximum absolute atomic E-state index is 12.8. The molecule has 2 amide bonds. The van der Waals surface area contributed by atoms with Gasteiger partial charge in [-0.05, 0) is 46.7 Å². The lowest BCUT2D eigenvalue weighted by atomic mass is 9.96. The van der Waals surface area contributed by atoms with Crippen LogP contribution in [-0.2, 0) is 17.9 Å². The monoisotopic (exact) mass is 431 g/mol. The van der Waals surface area contributed by atoms with Crippen LogP contribution in [0.4, 0.5) is 4.79 Å². The van der Waals surface area contributed by atoms with Gasteiger partial charge in [-0.1, -0.05) is 62.4 Å². The number of benzene rings is 2. The number of amides is 2. The molecule has 32 heavy (non-hydrogen) atoms. The highest BCUT2D eigenvalue weighted by Crippen LogP contribution is 2.27. The molecule has 0 bridgehead atoms.